The summed E-state index contributed by atoms with van der Waals surface area (Å²) >= 11 is 19.3. The summed E-state index contributed by atoms with van der Waals surface area (Å²) in [7, 11) is 1.47. The topological polar surface area (TPSA) is 63.7 Å². The van der Waals surface area contributed by atoms with E-state index in [0.717, 1.165) is 11.1 Å². The second-order valence-corrected chi connectivity index (χ2v) is 13.5. The summed E-state index contributed by atoms with van der Waals surface area (Å²) in [5, 5.41) is 1.29. The largest absolute Gasteiger partial charge is 0.495 e. The summed E-state index contributed by atoms with van der Waals surface area (Å²) in [5.41, 5.74) is 1.13. The van der Waals surface area contributed by atoms with Crippen LogP contribution in [0.5, 0.6) is 5.75 Å². The molecule has 2 bridgehead atoms. The highest BCUT2D eigenvalue weighted by Crippen LogP contribution is 2.74. The Hall–Kier alpha value is -4.68. The third kappa shape index (κ3) is 3.96. The Morgan fingerprint density at radius 1 is 0.562 bits per heavy atom. The lowest BCUT2D eigenvalue weighted by molar-refractivity contribution is -0.130. The Bertz CT molecular complexity index is 2040. The van der Waals surface area contributed by atoms with Crippen LogP contribution in [0.3, 0.4) is 0 Å². The first-order valence-electron chi connectivity index (χ1n) is 15.4. The summed E-state index contributed by atoms with van der Waals surface area (Å²) in [6.07, 6.45) is 0. The third-order valence-corrected chi connectivity index (χ3v) is 10.8. The van der Waals surface area contributed by atoms with Crippen LogP contribution in [-0.2, 0) is 25.2 Å². The zero-order valence-electron chi connectivity index (χ0n) is 25.5. The number of benzene rings is 5. The van der Waals surface area contributed by atoms with Gasteiger partial charge in [0.15, 0.2) is 5.78 Å². The Kier molecular flexibility index (Phi) is 7.15. The molecule has 0 radical (unpaired) electrons. The van der Waals surface area contributed by atoms with Crippen molar-refractivity contribution in [1.29, 1.82) is 0 Å². The van der Waals surface area contributed by atoms with Crippen LogP contribution in [0.2, 0.25) is 15.1 Å². The maximum atomic E-state index is 16.0. The molecule has 1 saturated heterocycles. The number of nitrogens with zero attached hydrogens (tertiary/aromatic N) is 1. The molecule has 2 aliphatic carbocycles. The van der Waals surface area contributed by atoms with Crippen molar-refractivity contribution in [2.45, 2.75) is 10.8 Å². The van der Waals surface area contributed by atoms with E-state index in [1.807, 2.05) is 60.7 Å². The predicted octanol–water partition coefficient (Wildman–Crippen LogP) is 8.84. The first-order chi connectivity index (χ1) is 23.3. The molecule has 2 amide bonds. The highest BCUT2D eigenvalue weighted by atomic mass is 35.5. The number of methoxy groups -OCH3 is 1. The van der Waals surface area contributed by atoms with E-state index in [0.29, 0.717) is 43.1 Å². The average Bonchev–Trinajstić information content (AvgIpc) is 3.61. The number of imide groups is 1. The van der Waals surface area contributed by atoms with E-state index in [1.165, 1.54) is 12.0 Å². The van der Waals surface area contributed by atoms with Crippen molar-refractivity contribution < 1.29 is 19.1 Å². The zero-order chi connectivity index (χ0) is 33.4. The molecule has 4 atom stereocenters. The van der Waals surface area contributed by atoms with Gasteiger partial charge < -0.3 is 4.74 Å². The van der Waals surface area contributed by atoms with E-state index < -0.39 is 34.5 Å². The van der Waals surface area contributed by atoms with Crippen LogP contribution in [0.4, 0.5) is 5.69 Å². The van der Waals surface area contributed by atoms with Crippen LogP contribution in [0, 0.1) is 11.8 Å². The third-order valence-electron chi connectivity index (χ3n) is 10.1. The van der Waals surface area contributed by atoms with Crippen molar-refractivity contribution in [3.63, 3.8) is 0 Å². The van der Waals surface area contributed by atoms with E-state index in [1.54, 1.807) is 66.7 Å². The lowest BCUT2D eigenvalue weighted by Crippen LogP contribution is -2.45. The molecule has 3 aliphatic rings. The smallest absolute Gasteiger partial charge is 0.239 e. The van der Waals surface area contributed by atoms with Gasteiger partial charge in [-0.15, -0.1) is 0 Å². The number of anilines is 1. The number of hydrogen-bond acceptors (Lipinski definition) is 4. The molecule has 236 valence electrons. The molecule has 5 aromatic rings. The van der Waals surface area contributed by atoms with Gasteiger partial charge in [0, 0.05) is 15.1 Å². The van der Waals surface area contributed by atoms with Crippen molar-refractivity contribution in [3.8, 4) is 5.75 Å². The quantitative estimate of drug-likeness (QED) is 0.167. The fourth-order valence-electron chi connectivity index (χ4n) is 8.43. The minimum absolute atomic E-state index is 0.223. The monoisotopic (exact) mass is 689 g/mol. The van der Waals surface area contributed by atoms with E-state index >= 15 is 14.4 Å². The second kappa shape index (κ2) is 11.2. The summed E-state index contributed by atoms with van der Waals surface area (Å²) in [6.45, 7) is 0. The Morgan fingerprint density at radius 2 is 0.979 bits per heavy atom. The molecule has 0 aromatic heterocycles. The minimum atomic E-state index is -1.57. The van der Waals surface area contributed by atoms with Gasteiger partial charge in [-0.2, -0.15) is 0 Å². The second-order valence-electron chi connectivity index (χ2n) is 12.2. The number of carbonyl (C=O) groups excluding carboxylic acids is 3. The van der Waals surface area contributed by atoms with Crippen molar-refractivity contribution >= 4 is 69.2 Å². The number of amides is 2. The minimum Gasteiger partial charge on any atom is -0.495 e. The Morgan fingerprint density at radius 3 is 1.40 bits per heavy atom. The molecule has 1 aliphatic heterocycles. The summed E-state index contributed by atoms with van der Waals surface area (Å²) in [6, 6.07) is 38.2. The molecule has 0 unspecified atom stereocenters. The number of halogens is 3. The number of rotatable bonds is 6. The normalized spacial score (nSPS) is 24.4. The molecule has 0 spiro atoms. The molecule has 8 heteroatoms. The van der Waals surface area contributed by atoms with Gasteiger partial charge in [0.1, 0.15) is 5.75 Å². The number of fused-ring (bicyclic) bond motifs is 5. The number of ether oxygens (including phenoxy) is 1. The molecule has 2 fully saturated rings. The number of allylic oxidation sites excluding steroid dienone is 2. The van der Waals surface area contributed by atoms with Gasteiger partial charge in [-0.05, 0) is 75.9 Å². The van der Waals surface area contributed by atoms with E-state index in [9.17, 15) is 0 Å². The van der Waals surface area contributed by atoms with Gasteiger partial charge >= 0.3 is 0 Å². The van der Waals surface area contributed by atoms with Crippen LogP contribution in [0.1, 0.15) is 22.3 Å². The van der Waals surface area contributed by atoms with Crippen LogP contribution in [0.15, 0.2) is 127 Å². The highest BCUT2D eigenvalue weighted by Gasteiger charge is 2.82. The number of hydrogen-bond donors (Lipinski definition) is 0. The molecular weight excluding hydrogens is 665 g/mol. The van der Waals surface area contributed by atoms with Gasteiger partial charge in [0.05, 0.1) is 35.5 Å². The predicted molar refractivity (Wildman–Crippen MR) is 188 cm³/mol. The van der Waals surface area contributed by atoms with Crippen LogP contribution < -0.4 is 9.64 Å². The van der Waals surface area contributed by atoms with Crippen molar-refractivity contribution in [3.05, 3.63) is 165 Å². The maximum absolute atomic E-state index is 16.0. The average molecular weight is 691 g/mol. The van der Waals surface area contributed by atoms with Crippen LogP contribution in [-0.4, -0.2) is 24.7 Å². The van der Waals surface area contributed by atoms with E-state index in [2.05, 4.69) is 0 Å². The van der Waals surface area contributed by atoms with Crippen molar-refractivity contribution in [1.82, 2.24) is 0 Å². The van der Waals surface area contributed by atoms with Gasteiger partial charge in [-0.25, -0.2) is 4.90 Å². The summed E-state index contributed by atoms with van der Waals surface area (Å²) < 4.78 is 5.64. The Balaban J connectivity index is 1.56. The molecule has 1 saturated carbocycles. The zero-order valence-corrected chi connectivity index (χ0v) is 27.8. The van der Waals surface area contributed by atoms with Gasteiger partial charge in [0.25, 0.3) is 0 Å². The fourth-order valence-corrected chi connectivity index (χ4v) is 8.85. The maximum Gasteiger partial charge on any atom is 0.239 e. The van der Waals surface area contributed by atoms with Crippen molar-refractivity contribution in [2.75, 3.05) is 12.0 Å². The summed E-state index contributed by atoms with van der Waals surface area (Å²) in [4.78, 5) is 47.5. The molecule has 0 N–H and O–H groups in total. The number of ketones is 1. The molecule has 48 heavy (non-hydrogen) atoms. The number of carbonyl (C=O) groups is 3. The van der Waals surface area contributed by atoms with Crippen LogP contribution >= 0.6 is 34.8 Å². The molecule has 5 nitrogen and oxygen atoms in total. The highest BCUT2D eigenvalue weighted by molar-refractivity contribution is 6.40. The first-order valence-corrected chi connectivity index (χ1v) is 16.5. The summed E-state index contributed by atoms with van der Waals surface area (Å²) in [5.74, 6) is -3.18. The van der Waals surface area contributed by atoms with E-state index in [4.69, 9.17) is 39.5 Å². The molecule has 8 rings (SSSR count). The standard InChI is InChI=1S/C40H26Cl3NO4/c1-48-31-21-20-29(43)22-30(31)44-36(45)34-35(37(44)46)40(26-14-18-28(42)19-15-26)33(24-10-6-3-7-11-24)32(23-8-4-2-5-9-23)39(34,38(40)47)25-12-16-27(41)17-13-25/h2-22,34-35H,1H3/t34-,35+,39-,40-/m0/s1. The van der Waals surface area contributed by atoms with Crippen molar-refractivity contribution in [2.24, 2.45) is 11.8 Å². The molecular formula is C40H26Cl3NO4. The first kappa shape index (κ1) is 30.6. The lowest BCUT2D eigenvalue weighted by Gasteiger charge is -2.39. The van der Waals surface area contributed by atoms with Gasteiger partial charge in [-0.3, -0.25) is 14.4 Å². The lowest BCUT2D eigenvalue weighted by atomic mass is 9.59. The Labute approximate surface area is 292 Å². The molecule has 1 heterocycles. The van der Waals surface area contributed by atoms with Crippen LogP contribution in [0.25, 0.3) is 11.1 Å². The van der Waals surface area contributed by atoms with Gasteiger partial charge in [-0.1, -0.05) is 120 Å². The van der Waals surface area contributed by atoms with E-state index in [-0.39, 0.29) is 11.5 Å². The van der Waals surface area contributed by atoms with Gasteiger partial charge in [0.2, 0.25) is 11.8 Å². The fraction of sp³-hybridized carbons (Fsp3) is 0.125. The number of Topliss-reactive ketones (excluding diaryl/α,β-unsaturated/α-hetero) is 1. The molecule has 5 aromatic carbocycles. The SMILES string of the molecule is COc1ccc(Cl)cc1N1C(=O)[C@@H]2[C@H](C1=O)[C@@]1(c3ccc(Cl)cc3)C(=O)[C@@]2(c2ccc(Cl)cc2)C(c2ccccc2)=C1c1ccccc1.